The fourth-order valence-electron chi connectivity index (χ4n) is 2.28. The Labute approximate surface area is 103 Å². The van der Waals surface area contributed by atoms with E-state index < -0.39 is 11.3 Å². The standard InChI is InChI=1S/C13H13F2N3/c14-13(15)7-12(13,8-16)11-6-10(17-18-11)9-4-2-1-3-5-9/h1-6H,7-8,16H2,(H,17,18). The first-order valence-corrected chi connectivity index (χ1v) is 5.78. The molecular weight excluding hydrogens is 236 g/mol. The monoisotopic (exact) mass is 249 g/mol. The second kappa shape index (κ2) is 3.62. The van der Waals surface area contributed by atoms with Crippen LogP contribution in [0.5, 0.6) is 0 Å². The van der Waals surface area contributed by atoms with Crippen LogP contribution in [0.3, 0.4) is 0 Å². The molecule has 1 aliphatic carbocycles. The molecular formula is C13H13F2N3. The summed E-state index contributed by atoms with van der Waals surface area (Å²) in [5, 5.41) is 6.80. The van der Waals surface area contributed by atoms with E-state index in [0.29, 0.717) is 11.4 Å². The molecule has 2 aromatic rings. The molecule has 1 heterocycles. The molecule has 1 atom stereocenters. The smallest absolute Gasteiger partial charge is 0.261 e. The molecule has 1 fully saturated rings. The third-order valence-electron chi connectivity index (χ3n) is 3.61. The number of nitrogens with two attached hydrogens (primary N) is 1. The maximum Gasteiger partial charge on any atom is 0.261 e. The van der Waals surface area contributed by atoms with Gasteiger partial charge in [-0.3, -0.25) is 5.10 Å². The highest BCUT2D eigenvalue weighted by atomic mass is 19.3. The van der Waals surface area contributed by atoms with Crippen LogP contribution in [0.25, 0.3) is 11.3 Å². The fraction of sp³-hybridized carbons (Fsp3) is 0.308. The highest BCUT2D eigenvalue weighted by Gasteiger charge is 2.72. The van der Waals surface area contributed by atoms with E-state index in [1.54, 1.807) is 6.07 Å². The van der Waals surface area contributed by atoms with Gasteiger partial charge in [-0.25, -0.2) is 8.78 Å². The number of aromatic amines is 1. The molecule has 0 bridgehead atoms. The summed E-state index contributed by atoms with van der Waals surface area (Å²) in [4.78, 5) is 0. The number of alkyl halides is 2. The van der Waals surface area contributed by atoms with Crippen molar-refractivity contribution >= 4 is 0 Å². The molecule has 0 spiro atoms. The summed E-state index contributed by atoms with van der Waals surface area (Å²) in [6.45, 7) is -0.0730. The van der Waals surface area contributed by atoms with Crippen LogP contribution in [-0.2, 0) is 5.41 Å². The van der Waals surface area contributed by atoms with Gasteiger partial charge in [0.15, 0.2) is 0 Å². The first-order valence-electron chi connectivity index (χ1n) is 5.78. The van der Waals surface area contributed by atoms with Crippen molar-refractivity contribution in [2.75, 3.05) is 6.54 Å². The molecule has 3 rings (SSSR count). The number of hydrogen-bond acceptors (Lipinski definition) is 2. The topological polar surface area (TPSA) is 54.7 Å². The van der Waals surface area contributed by atoms with Crippen molar-refractivity contribution < 1.29 is 8.78 Å². The number of nitrogens with one attached hydrogen (secondary N) is 1. The quantitative estimate of drug-likeness (QED) is 0.877. The van der Waals surface area contributed by atoms with Gasteiger partial charge in [0.1, 0.15) is 0 Å². The van der Waals surface area contributed by atoms with E-state index in [-0.39, 0.29) is 13.0 Å². The number of benzene rings is 1. The molecule has 5 heteroatoms. The fourth-order valence-corrected chi connectivity index (χ4v) is 2.28. The molecule has 1 aromatic heterocycles. The molecule has 1 unspecified atom stereocenters. The van der Waals surface area contributed by atoms with Crippen molar-refractivity contribution in [3.63, 3.8) is 0 Å². The van der Waals surface area contributed by atoms with Gasteiger partial charge in [-0.1, -0.05) is 30.3 Å². The van der Waals surface area contributed by atoms with Crippen LogP contribution < -0.4 is 5.73 Å². The summed E-state index contributed by atoms with van der Waals surface area (Å²) < 4.78 is 26.8. The van der Waals surface area contributed by atoms with Crippen LogP contribution in [0.15, 0.2) is 36.4 Å². The number of aromatic nitrogens is 2. The number of rotatable bonds is 3. The lowest BCUT2D eigenvalue weighted by atomic mass is 10.0. The van der Waals surface area contributed by atoms with Crippen molar-refractivity contribution in [1.29, 1.82) is 0 Å². The molecule has 3 N–H and O–H groups in total. The summed E-state index contributed by atoms with van der Waals surface area (Å²) in [5.41, 5.74) is 6.25. The highest BCUT2D eigenvalue weighted by Crippen LogP contribution is 2.60. The van der Waals surface area contributed by atoms with Gasteiger partial charge in [0.05, 0.1) is 11.1 Å². The van der Waals surface area contributed by atoms with Gasteiger partial charge in [0, 0.05) is 24.2 Å². The van der Waals surface area contributed by atoms with E-state index >= 15 is 0 Å². The minimum atomic E-state index is -2.72. The van der Waals surface area contributed by atoms with Crippen LogP contribution in [-0.4, -0.2) is 22.7 Å². The van der Waals surface area contributed by atoms with Crippen molar-refractivity contribution in [1.82, 2.24) is 10.2 Å². The lowest BCUT2D eigenvalue weighted by Gasteiger charge is -2.10. The lowest BCUT2D eigenvalue weighted by Crippen LogP contribution is -2.27. The summed E-state index contributed by atoms with van der Waals surface area (Å²) in [5.74, 6) is -2.72. The van der Waals surface area contributed by atoms with Gasteiger partial charge >= 0.3 is 0 Å². The van der Waals surface area contributed by atoms with Gasteiger partial charge in [-0.15, -0.1) is 0 Å². The Bertz CT molecular complexity index is 565. The van der Waals surface area contributed by atoms with Gasteiger partial charge in [0.25, 0.3) is 5.92 Å². The Balaban J connectivity index is 1.96. The normalized spacial score (nSPS) is 25.1. The summed E-state index contributed by atoms with van der Waals surface area (Å²) in [6, 6.07) is 11.1. The SMILES string of the molecule is NCC1(c2cc(-c3ccccc3)n[nH]2)CC1(F)F. The van der Waals surface area contributed by atoms with Crippen LogP contribution in [0.4, 0.5) is 8.78 Å². The molecule has 0 aliphatic heterocycles. The summed E-state index contributed by atoms with van der Waals surface area (Å²) in [6.07, 6.45) is -0.201. The Morgan fingerprint density at radius 3 is 2.50 bits per heavy atom. The first-order chi connectivity index (χ1) is 8.59. The van der Waals surface area contributed by atoms with Gasteiger partial charge in [0.2, 0.25) is 0 Å². The van der Waals surface area contributed by atoms with Gasteiger partial charge < -0.3 is 5.73 Å². The molecule has 0 saturated heterocycles. The molecule has 94 valence electrons. The zero-order chi connectivity index (χ0) is 12.8. The van der Waals surface area contributed by atoms with E-state index in [2.05, 4.69) is 10.2 Å². The lowest BCUT2D eigenvalue weighted by molar-refractivity contribution is 0.0886. The Morgan fingerprint density at radius 2 is 1.94 bits per heavy atom. The summed E-state index contributed by atoms with van der Waals surface area (Å²) in [7, 11) is 0. The zero-order valence-corrected chi connectivity index (χ0v) is 9.66. The maximum atomic E-state index is 13.4. The Hall–Kier alpha value is -1.75. The van der Waals surface area contributed by atoms with Crippen molar-refractivity contribution in [2.45, 2.75) is 17.8 Å². The van der Waals surface area contributed by atoms with Crippen molar-refractivity contribution in [3.8, 4) is 11.3 Å². The number of nitrogens with zero attached hydrogens (tertiary/aromatic N) is 1. The van der Waals surface area contributed by atoms with Crippen molar-refractivity contribution in [3.05, 3.63) is 42.1 Å². The van der Waals surface area contributed by atoms with Crippen molar-refractivity contribution in [2.24, 2.45) is 5.73 Å². The average Bonchev–Trinajstić information content (AvgIpc) is 2.78. The molecule has 3 nitrogen and oxygen atoms in total. The minimum Gasteiger partial charge on any atom is -0.329 e. The minimum absolute atomic E-state index is 0.0730. The third kappa shape index (κ3) is 1.47. The van der Waals surface area contributed by atoms with E-state index in [1.165, 1.54) is 0 Å². The Kier molecular flexibility index (Phi) is 2.28. The predicted octanol–water partition coefficient (Wildman–Crippen LogP) is 2.31. The Morgan fingerprint density at radius 1 is 1.28 bits per heavy atom. The number of hydrogen-bond donors (Lipinski definition) is 2. The van der Waals surface area contributed by atoms with Crippen LogP contribution >= 0.6 is 0 Å². The maximum absolute atomic E-state index is 13.4. The highest BCUT2D eigenvalue weighted by molar-refractivity contribution is 5.60. The summed E-state index contributed by atoms with van der Waals surface area (Å²) >= 11 is 0. The predicted molar refractivity (Wildman–Crippen MR) is 64.3 cm³/mol. The molecule has 1 aliphatic rings. The molecule has 0 amide bonds. The number of halogens is 2. The van der Waals surface area contributed by atoms with Crippen LogP contribution in [0, 0.1) is 0 Å². The first kappa shape index (κ1) is 11.3. The molecule has 1 aromatic carbocycles. The second-order valence-electron chi connectivity index (χ2n) is 4.70. The van der Waals surface area contributed by atoms with Crippen LogP contribution in [0.1, 0.15) is 12.1 Å². The largest absolute Gasteiger partial charge is 0.329 e. The molecule has 18 heavy (non-hydrogen) atoms. The van der Waals surface area contributed by atoms with E-state index in [0.717, 1.165) is 5.56 Å². The molecule has 0 radical (unpaired) electrons. The number of H-pyrrole nitrogens is 1. The molecule has 1 saturated carbocycles. The third-order valence-corrected chi connectivity index (χ3v) is 3.61. The second-order valence-corrected chi connectivity index (χ2v) is 4.70. The van der Waals surface area contributed by atoms with Crippen LogP contribution in [0.2, 0.25) is 0 Å². The van der Waals surface area contributed by atoms with E-state index in [1.807, 2.05) is 30.3 Å². The van der Waals surface area contributed by atoms with Gasteiger partial charge in [-0.05, 0) is 6.07 Å². The van der Waals surface area contributed by atoms with E-state index in [9.17, 15) is 8.78 Å². The van der Waals surface area contributed by atoms with E-state index in [4.69, 9.17) is 5.73 Å². The average molecular weight is 249 g/mol. The zero-order valence-electron chi connectivity index (χ0n) is 9.66. The van der Waals surface area contributed by atoms with Gasteiger partial charge in [-0.2, -0.15) is 5.10 Å².